The van der Waals surface area contributed by atoms with E-state index >= 15 is 0 Å². The Kier molecular flexibility index (Phi) is 8.34. The van der Waals surface area contributed by atoms with Gasteiger partial charge in [0.2, 0.25) is 0 Å². The second kappa shape index (κ2) is 11.8. The van der Waals surface area contributed by atoms with Crippen molar-refractivity contribution in [2.45, 2.75) is 32.3 Å². The molecule has 1 aromatic heterocycles. The summed E-state index contributed by atoms with van der Waals surface area (Å²) in [6.45, 7) is 7.65. The van der Waals surface area contributed by atoms with Gasteiger partial charge < -0.3 is 15.3 Å². The predicted octanol–water partition coefficient (Wildman–Crippen LogP) is 4.08. The Morgan fingerprint density at radius 2 is 1.80 bits per heavy atom. The van der Waals surface area contributed by atoms with Crippen molar-refractivity contribution >= 4 is 11.4 Å². The van der Waals surface area contributed by atoms with Crippen molar-refractivity contribution < 1.29 is 9.84 Å². The monoisotopic (exact) mass is 471 g/mol. The van der Waals surface area contributed by atoms with Crippen LogP contribution in [-0.4, -0.2) is 64.2 Å². The van der Waals surface area contributed by atoms with Crippen LogP contribution in [0.15, 0.2) is 72.1 Å². The van der Waals surface area contributed by atoms with Crippen LogP contribution in [0.2, 0.25) is 0 Å². The highest BCUT2D eigenvalue weighted by Gasteiger charge is 2.28. The van der Waals surface area contributed by atoms with E-state index in [4.69, 9.17) is 15.1 Å². The number of rotatable bonds is 10. The van der Waals surface area contributed by atoms with Gasteiger partial charge in [-0.05, 0) is 40.8 Å². The van der Waals surface area contributed by atoms with Gasteiger partial charge in [0.1, 0.15) is 18.7 Å². The summed E-state index contributed by atoms with van der Waals surface area (Å²) in [6, 6.07) is 18.2. The highest BCUT2D eigenvalue weighted by molar-refractivity contribution is 6.17. The van der Waals surface area contributed by atoms with E-state index in [1.165, 1.54) is 11.9 Å². The third-order valence-corrected chi connectivity index (χ3v) is 6.28. The van der Waals surface area contributed by atoms with Crippen LogP contribution in [0, 0.1) is 5.41 Å². The first-order valence-corrected chi connectivity index (χ1v) is 12.1. The molecule has 0 saturated carbocycles. The van der Waals surface area contributed by atoms with Crippen molar-refractivity contribution in [3.05, 3.63) is 89.5 Å². The van der Waals surface area contributed by atoms with Gasteiger partial charge in [0.05, 0.1) is 30.5 Å². The fraction of sp³-hybridized carbons (Fsp3) is 0.357. The van der Waals surface area contributed by atoms with E-state index in [1.54, 1.807) is 12.3 Å². The van der Waals surface area contributed by atoms with E-state index in [9.17, 15) is 5.11 Å². The SMILES string of the molecule is CC(C)c1ccc(COc2ccc(C(C(=N)c3ccncn3)C3=NCCN(CCO)C3)cc2)cc1. The quantitative estimate of drug-likeness (QED) is 0.435. The summed E-state index contributed by atoms with van der Waals surface area (Å²) in [6.07, 6.45) is 3.12. The van der Waals surface area contributed by atoms with Crippen LogP contribution in [0.25, 0.3) is 0 Å². The molecule has 1 unspecified atom stereocenters. The highest BCUT2D eigenvalue weighted by Crippen LogP contribution is 2.26. The molecule has 3 aromatic rings. The van der Waals surface area contributed by atoms with Gasteiger partial charge in [-0.1, -0.05) is 50.2 Å². The Bertz CT molecular complexity index is 1130. The second-order valence-electron chi connectivity index (χ2n) is 9.07. The zero-order valence-electron chi connectivity index (χ0n) is 20.4. The van der Waals surface area contributed by atoms with Gasteiger partial charge in [-0.25, -0.2) is 9.97 Å². The maximum absolute atomic E-state index is 9.39. The van der Waals surface area contributed by atoms with Gasteiger partial charge >= 0.3 is 0 Å². The van der Waals surface area contributed by atoms with Crippen LogP contribution >= 0.6 is 0 Å². The molecule has 2 N–H and O–H groups in total. The minimum absolute atomic E-state index is 0.105. The lowest BCUT2D eigenvalue weighted by Crippen LogP contribution is -2.41. The normalized spacial score (nSPS) is 15.0. The Balaban J connectivity index is 1.52. The fourth-order valence-corrected chi connectivity index (χ4v) is 4.25. The molecule has 0 fully saturated rings. The predicted molar refractivity (Wildman–Crippen MR) is 139 cm³/mol. The maximum atomic E-state index is 9.39. The van der Waals surface area contributed by atoms with Crippen molar-refractivity contribution in [3.8, 4) is 5.75 Å². The van der Waals surface area contributed by atoms with E-state index in [-0.39, 0.29) is 12.5 Å². The lowest BCUT2D eigenvalue weighted by molar-refractivity contribution is 0.211. The average Bonchev–Trinajstić information content (AvgIpc) is 2.89. The summed E-state index contributed by atoms with van der Waals surface area (Å²) >= 11 is 0. The Morgan fingerprint density at radius 1 is 1.06 bits per heavy atom. The molecule has 2 aromatic carbocycles. The largest absolute Gasteiger partial charge is 0.489 e. The zero-order chi connectivity index (χ0) is 24.6. The number of aromatic nitrogens is 2. The summed E-state index contributed by atoms with van der Waals surface area (Å²) < 4.78 is 6.03. The lowest BCUT2D eigenvalue weighted by atomic mass is 9.86. The van der Waals surface area contributed by atoms with E-state index in [0.29, 0.717) is 43.6 Å². The molecule has 0 radical (unpaired) electrons. The molecule has 0 spiro atoms. The fourth-order valence-electron chi connectivity index (χ4n) is 4.25. The van der Waals surface area contributed by atoms with E-state index in [1.807, 2.05) is 24.3 Å². The molecule has 4 rings (SSSR count). The third kappa shape index (κ3) is 6.38. The lowest BCUT2D eigenvalue weighted by Gasteiger charge is -2.30. The summed E-state index contributed by atoms with van der Waals surface area (Å²) in [4.78, 5) is 15.2. The molecule has 0 aliphatic carbocycles. The van der Waals surface area contributed by atoms with Crippen molar-refractivity contribution in [2.75, 3.05) is 32.8 Å². The van der Waals surface area contributed by atoms with Gasteiger partial charge in [-0.3, -0.25) is 9.89 Å². The van der Waals surface area contributed by atoms with Gasteiger partial charge in [-0.2, -0.15) is 0 Å². The van der Waals surface area contributed by atoms with E-state index in [2.05, 4.69) is 53.0 Å². The number of aliphatic hydroxyl groups excluding tert-OH is 1. The molecular formula is C28H33N5O2. The number of benzene rings is 2. The smallest absolute Gasteiger partial charge is 0.119 e. The average molecular weight is 472 g/mol. The number of nitrogens with one attached hydrogen (secondary N) is 1. The topological polar surface area (TPSA) is 94.7 Å². The van der Waals surface area contributed by atoms with Crippen molar-refractivity contribution in [1.82, 2.24) is 14.9 Å². The molecule has 182 valence electrons. The zero-order valence-corrected chi connectivity index (χ0v) is 20.4. The Morgan fingerprint density at radius 3 is 2.46 bits per heavy atom. The minimum atomic E-state index is -0.330. The summed E-state index contributed by atoms with van der Waals surface area (Å²) in [5, 5.41) is 18.3. The number of aliphatic hydroxyl groups is 1. The molecule has 35 heavy (non-hydrogen) atoms. The number of nitrogens with zero attached hydrogens (tertiary/aromatic N) is 4. The van der Waals surface area contributed by atoms with Crippen LogP contribution in [0.1, 0.15) is 48.1 Å². The van der Waals surface area contributed by atoms with Gasteiger partial charge in [0.25, 0.3) is 0 Å². The van der Waals surface area contributed by atoms with Crippen molar-refractivity contribution in [3.63, 3.8) is 0 Å². The summed E-state index contributed by atoms with van der Waals surface area (Å²) in [7, 11) is 0. The molecule has 0 bridgehead atoms. The third-order valence-electron chi connectivity index (χ3n) is 6.28. The number of β-amino-alcohol motifs (C(OH)–C–C–N with tert-alkyl or cyclic N) is 1. The van der Waals surface area contributed by atoms with Gasteiger partial charge in [0.15, 0.2) is 0 Å². The van der Waals surface area contributed by atoms with Crippen LogP contribution in [0.3, 0.4) is 0 Å². The van der Waals surface area contributed by atoms with E-state index in [0.717, 1.165) is 29.1 Å². The molecule has 0 saturated heterocycles. The number of hydrogen-bond donors (Lipinski definition) is 2. The molecule has 7 heteroatoms. The molecule has 0 amide bonds. The van der Waals surface area contributed by atoms with Crippen molar-refractivity contribution in [2.24, 2.45) is 4.99 Å². The van der Waals surface area contributed by atoms with Crippen LogP contribution in [0.4, 0.5) is 0 Å². The summed E-state index contributed by atoms with van der Waals surface area (Å²) in [5.74, 6) is 0.960. The summed E-state index contributed by atoms with van der Waals surface area (Å²) in [5.41, 5.74) is 5.29. The second-order valence-corrected chi connectivity index (χ2v) is 9.07. The van der Waals surface area contributed by atoms with Crippen molar-refractivity contribution in [1.29, 1.82) is 5.41 Å². The number of aliphatic imine (C=N–C) groups is 1. The van der Waals surface area contributed by atoms with Crippen LogP contribution in [-0.2, 0) is 6.61 Å². The number of ether oxygens (including phenoxy) is 1. The standard InChI is InChI=1S/C28H33N5O2/c1-20(2)22-5-3-21(4-6-22)18-35-24-9-7-23(8-10-24)27(28(29)25-11-12-30-19-32-25)26-17-33(15-16-34)14-13-31-26/h3-12,19-20,27,29,34H,13-18H2,1-2H3. The maximum Gasteiger partial charge on any atom is 0.119 e. The van der Waals surface area contributed by atoms with Crippen LogP contribution < -0.4 is 4.74 Å². The first-order chi connectivity index (χ1) is 17.0. The molecule has 1 aliphatic rings. The molecule has 2 heterocycles. The first kappa shape index (κ1) is 24.7. The molecular weight excluding hydrogens is 438 g/mol. The minimum Gasteiger partial charge on any atom is -0.489 e. The molecule has 1 atom stereocenters. The van der Waals surface area contributed by atoms with Gasteiger partial charge in [0, 0.05) is 31.5 Å². The Hall–Kier alpha value is -3.42. The first-order valence-electron chi connectivity index (χ1n) is 12.1. The van der Waals surface area contributed by atoms with Crippen LogP contribution in [0.5, 0.6) is 5.75 Å². The Labute approximate surface area is 207 Å². The molecule has 1 aliphatic heterocycles. The van der Waals surface area contributed by atoms with E-state index < -0.39 is 0 Å². The number of hydrogen-bond acceptors (Lipinski definition) is 7. The molecule has 7 nitrogen and oxygen atoms in total. The van der Waals surface area contributed by atoms with Gasteiger partial charge in [-0.15, -0.1) is 0 Å². The highest BCUT2D eigenvalue weighted by atomic mass is 16.5.